The molecule has 0 aliphatic heterocycles. The molecule has 0 spiro atoms. The van der Waals surface area contributed by atoms with Gasteiger partial charge in [0.05, 0.1) is 12.5 Å². The Morgan fingerprint density at radius 2 is 1.72 bits per heavy atom. The number of ether oxygens (including phenoxy) is 1. The van der Waals surface area contributed by atoms with Crippen LogP contribution >= 0.6 is 0 Å². The molecule has 5 nitrogen and oxygen atoms in total. The van der Waals surface area contributed by atoms with Gasteiger partial charge in [-0.1, -0.05) is 60.7 Å². The fourth-order valence-corrected chi connectivity index (χ4v) is 4.03. The Labute approximate surface area is 187 Å². The summed E-state index contributed by atoms with van der Waals surface area (Å²) in [6.07, 6.45) is 3.77. The van der Waals surface area contributed by atoms with Crippen LogP contribution in [0.5, 0.6) is 5.75 Å². The SMILES string of the molecule is COc1ccccc1CNc1ncnc2c1c(-c1ccccc1)cn2-c1cccc(C)c1. The number of methoxy groups -OCH3 is 1. The van der Waals surface area contributed by atoms with Gasteiger partial charge in [-0.2, -0.15) is 0 Å². The number of hydrogen-bond donors (Lipinski definition) is 1. The van der Waals surface area contributed by atoms with Crippen molar-refractivity contribution in [3.8, 4) is 22.6 Å². The van der Waals surface area contributed by atoms with E-state index in [1.807, 2.05) is 24.3 Å². The smallest absolute Gasteiger partial charge is 0.150 e. The summed E-state index contributed by atoms with van der Waals surface area (Å²) in [5, 5.41) is 4.52. The number of aromatic nitrogens is 3. The summed E-state index contributed by atoms with van der Waals surface area (Å²) in [4.78, 5) is 9.28. The first-order chi connectivity index (χ1) is 15.7. The lowest BCUT2D eigenvalue weighted by molar-refractivity contribution is 0.410. The Morgan fingerprint density at radius 3 is 2.53 bits per heavy atom. The van der Waals surface area contributed by atoms with Crippen molar-refractivity contribution >= 4 is 16.9 Å². The van der Waals surface area contributed by atoms with Crippen LogP contribution in [0.3, 0.4) is 0 Å². The summed E-state index contributed by atoms with van der Waals surface area (Å²) >= 11 is 0. The van der Waals surface area contributed by atoms with Gasteiger partial charge in [-0.3, -0.25) is 0 Å². The van der Waals surface area contributed by atoms with E-state index < -0.39 is 0 Å². The van der Waals surface area contributed by atoms with E-state index in [4.69, 9.17) is 4.74 Å². The molecule has 0 amide bonds. The fraction of sp³-hybridized carbons (Fsp3) is 0.111. The maximum atomic E-state index is 5.51. The molecule has 0 saturated carbocycles. The van der Waals surface area contributed by atoms with Crippen molar-refractivity contribution in [2.24, 2.45) is 0 Å². The monoisotopic (exact) mass is 420 g/mol. The molecule has 32 heavy (non-hydrogen) atoms. The molecule has 0 fully saturated rings. The number of benzene rings is 3. The van der Waals surface area contributed by atoms with Crippen molar-refractivity contribution in [3.63, 3.8) is 0 Å². The highest BCUT2D eigenvalue weighted by molar-refractivity contribution is 6.02. The average Bonchev–Trinajstić information content (AvgIpc) is 3.24. The maximum Gasteiger partial charge on any atom is 0.150 e. The fourth-order valence-electron chi connectivity index (χ4n) is 4.03. The summed E-state index contributed by atoms with van der Waals surface area (Å²) < 4.78 is 7.65. The lowest BCUT2D eigenvalue weighted by Crippen LogP contribution is -2.04. The Kier molecular flexibility index (Phi) is 5.30. The lowest BCUT2D eigenvalue weighted by Gasteiger charge is -2.11. The normalized spacial score (nSPS) is 10.9. The number of hydrogen-bond acceptors (Lipinski definition) is 4. The van der Waals surface area contributed by atoms with Crippen molar-refractivity contribution in [1.82, 2.24) is 14.5 Å². The molecule has 0 saturated heterocycles. The first-order valence-corrected chi connectivity index (χ1v) is 10.6. The quantitative estimate of drug-likeness (QED) is 0.365. The van der Waals surface area contributed by atoms with Crippen LogP contribution in [0.25, 0.3) is 27.8 Å². The van der Waals surface area contributed by atoms with Crippen LogP contribution in [-0.4, -0.2) is 21.6 Å². The van der Waals surface area contributed by atoms with Crippen LogP contribution in [0.4, 0.5) is 5.82 Å². The third-order valence-corrected chi connectivity index (χ3v) is 5.59. The molecule has 0 radical (unpaired) electrons. The minimum Gasteiger partial charge on any atom is -0.496 e. The molecule has 0 aliphatic carbocycles. The molecule has 5 heteroatoms. The highest BCUT2D eigenvalue weighted by Crippen LogP contribution is 2.35. The van der Waals surface area contributed by atoms with Gasteiger partial charge in [0.25, 0.3) is 0 Å². The van der Waals surface area contributed by atoms with Gasteiger partial charge < -0.3 is 14.6 Å². The highest BCUT2D eigenvalue weighted by atomic mass is 16.5. The number of nitrogens with one attached hydrogen (secondary N) is 1. The topological polar surface area (TPSA) is 52.0 Å². The summed E-state index contributed by atoms with van der Waals surface area (Å²) in [5.41, 5.74) is 6.43. The van der Waals surface area contributed by atoms with Gasteiger partial charge in [0, 0.05) is 29.6 Å². The Bertz CT molecular complexity index is 1380. The van der Waals surface area contributed by atoms with Crippen molar-refractivity contribution in [2.45, 2.75) is 13.5 Å². The minimum atomic E-state index is 0.597. The second-order valence-corrected chi connectivity index (χ2v) is 7.70. The molecule has 2 aromatic heterocycles. The zero-order valence-corrected chi connectivity index (χ0v) is 18.1. The van der Waals surface area contributed by atoms with Gasteiger partial charge in [-0.15, -0.1) is 0 Å². The molecule has 5 rings (SSSR count). The molecule has 1 N–H and O–H groups in total. The van der Waals surface area contributed by atoms with Crippen molar-refractivity contribution in [3.05, 3.63) is 103 Å². The third-order valence-electron chi connectivity index (χ3n) is 5.59. The van der Waals surface area contributed by atoms with Gasteiger partial charge in [0.15, 0.2) is 5.65 Å². The second kappa shape index (κ2) is 8.55. The zero-order valence-electron chi connectivity index (χ0n) is 18.1. The predicted octanol–water partition coefficient (Wildman–Crippen LogP) is 6.02. The van der Waals surface area contributed by atoms with E-state index in [0.29, 0.717) is 6.54 Å². The molecule has 158 valence electrons. The van der Waals surface area contributed by atoms with Crippen LogP contribution in [0.1, 0.15) is 11.1 Å². The number of aryl methyl sites for hydroxylation is 1. The summed E-state index contributed by atoms with van der Waals surface area (Å²) in [6, 6.07) is 26.8. The van der Waals surface area contributed by atoms with Crippen LogP contribution < -0.4 is 10.1 Å². The summed E-state index contributed by atoms with van der Waals surface area (Å²) in [6.45, 7) is 2.70. The van der Waals surface area contributed by atoms with Crippen molar-refractivity contribution < 1.29 is 4.74 Å². The molecule has 5 aromatic rings. The number of rotatable bonds is 6. The molecule has 0 aliphatic rings. The van der Waals surface area contributed by atoms with E-state index in [2.05, 4.69) is 87.6 Å². The van der Waals surface area contributed by atoms with Crippen LogP contribution in [-0.2, 0) is 6.54 Å². The predicted molar refractivity (Wildman–Crippen MR) is 129 cm³/mol. The number of nitrogens with zero attached hydrogens (tertiary/aromatic N) is 3. The van der Waals surface area contributed by atoms with Gasteiger partial charge in [-0.25, -0.2) is 9.97 Å². The van der Waals surface area contributed by atoms with Crippen LogP contribution in [0, 0.1) is 6.92 Å². The minimum absolute atomic E-state index is 0.597. The Morgan fingerprint density at radius 1 is 0.906 bits per heavy atom. The van der Waals surface area contributed by atoms with E-state index in [1.165, 1.54) is 5.56 Å². The van der Waals surface area contributed by atoms with Gasteiger partial charge >= 0.3 is 0 Å². The summed E-state index contributed by atoms with van der Waals surface area (Å²) in [5.74, 6) is 1.65. The Hall–Kier alpha value is -4.12. The molecule has 0 atom stereocenters. The van der Waals surface area contributed by atoms with E-state index in [9.17, 15) is 0 Å². The van der Waals surface area contributed by atoms with Gasteiger partial charge in [0.2, 0.25) is 0 Å². The average molecular weight is 421 g/mol. The maximum absolute atomic E-state index is 5.51. The van der Waals surface area contributed by atoms with Gasteiger partial charge in [-0.05, 0) is 36.2 Å². The molecular formula is C27H24N4O. The standard InChI is InChI=1S/C27H24N4O/c1-19-9-8-13-22(15-19)31-17-23(20-10-4-3-5-11-20)25-26(29-18-30-27(25)31)28-16-21-12-6-7-14-24(21)32-2/h3-15,17-18H,16H2,1-2H3,(H,28,29,30). The van der Waals surface area contributed by atoms with E-state index >= 15 is 0 Å². The van der Waals surface area contributed by atoms with E-state index in [0.717, 1.165) is 45.0 Å². The third kappa shape index (κ3) is 3.69. The first kappa shape index (κ1) is 19.8. The van der Waals surface area contributed by atoms with E-state index in [-0.39, 0.29) is 0 Å². The zero-order chi connectivity index (χ0) is 21.9. The number of anilines is 1. The molecule has 0 unspecified atom stereocenters. The molecule has 0 bridgehead atoms. The van der Waals surface area contributed by atoms with Crippen molar-refractivity contribution in [1.29, 1.82) is 0 Å². The Balaban J connectivity index is 1.66. The van der Waals surface area contributed by atoms with Crippen molar-refractivity contribution in [2.75, 3.05) is 12.4 Å². The molecular weight excluding hydrogens is 396 g/mol. The number of para-hydroxylation sites is 1. The molecule has 3 aromatic carbocycles. The molecule has 2 heterocycles. The highest BCUT2D eigenvalue weighted by Gasteiger charge is 2.17. The summed E-state index contributed by atoms with van der Waals surface area (Å²) in [7, 11) is 1.69. The first-order valence-electron chi connectivity index (χ1n) is 10.6. The second-order valence-electron chi connectivity index (χ2n) is 7.70. The van der Waals surface area contributed by atoms with Crippen LogP contribution in [0.2, 0.25) is 0 Å². The van der Waals surface area contributed by atoms with Crippen LogP contribution in [0.15, 0.2) is 91.4 Å². The van der Waals surface area contributed by atoms with E-state index in [1.54, 1.807) is 13.4 Å². The lowest BCUT2D eigenvalue weighted by atomic mass is 10.1. The largest absolute Gasteiger partial charge is 0.496 e. The number of fused-ring (bicyclic) bond motifs is 1. The van der Waals surface area contributed by atoms with Gasteiger partial charge in [0.1, 0.15) is 17.9 Å².